The van der Waals surface area contributed by atoms with E-state index in [9.17, 15) is 13.2 Å². The van der Waals surface area contributed by atoms with E-state index in [0.29, 0.717) is 5.75 Å². The Kier molecular flexibility index (Phi) is 8.65. The number of benzene rings is 2. The molecule has 0 saturated carbocycles. The molecule has 0 fully saturated rings. The summed E-state index contributed by atoms with van der Waals surface area (Å²) in [6.07, 6.45) is 1.06. The molecular formula is C24H33ClN2O5S. The van der Waals surface area contributed by atoms with Crippen LogP contribution in [0.1, 0.15) is 56.3 Å². The second-order valence-electron chi connectivity index (χ2n) is 8.39. The van der Waals surface area contributed by atoms with E-state index < -0.39 is 22.0 Å². The van der Waals surface area contributed by atoms with Gasteiger partial charge in [0.15, 0.2) is 0 Å². The van der Waals surface area contributed by atoms with Crippen molar-refractivity contribution in [2.75, 3.05) is 24.8 Å². The van der Waals surface area contributed by atoms with Gasteiger partial charge in [0.05, 0.1) is 37.2 Å². The van der Waals surface area contributed by atoms with Crippen LogP contribution in [0.4, 0.5) is 5.69 Å². The van der Waals surface area contributed by atoms with Crippen molar-refractivity contribution in [2.45, 2.75) is 52.6 Å². The van der Waals surface area contributed by atoms with E-state index in [0.717, 1.165) is 33.0 Å². The number of halogens is 1. The van der Waals surface area contributed by atoms with E-state index in [2.05, 4.69) is 19.2 Å². The SMILES string of the molecule is COc1ccc(N(C(C)C(=O)NC(C)c2cc(C(C)C)c(OC)cc2C)S(C)(=O)=O)cc1Cl. The average molecular weight is 497 g/mol. The van der Waals surface area contributed by atoms with Crippen molar-refractivity contribution >= 4 is 33.2 Å². The summed E-state index contributed by atoms with van der Waals surface area (Å²) >= 11 is 6.20. The van der Waals surface area contributed by atoms with Gasteiger partial charge < -0.3 is 14.8 Å². The number of sulfonamides is 1. The molecule has 0 aliphatic rings. The zero-order valence-electron chi connectivity index (χ0n) is 20.4. The van der Waals surface area contributed by atoms with Gasteiger partial charge in [0.1, 0.15) is 17.5 Å². The molecule has 182 valence electrons. The number of aryl methyl sites for hydroxylation is 1. The van der Waals surface area contributed by atoms with Crippen LogP contribution in [-0.4, -0.2) is 40.8 Å². The molecule has 7 nitrogen and oxygen atoms in total. The lowest BCUT2D eigenvalue weighted by Crippen LogP contribution is -2.48. The minimum atomic E-state index is -3.78. The number of amides is 1. The topological polar surface area (TPSA) is 84.9 Å². The number of anilines is 1. The summed E-state index contributed by atoms with van der Waals surface area (Å²) in [5.41, 5.74) is 3.23. The number of rotatable bonds is 9. The Hall–Kier alpha value is -2.45. The highest BCUT2D eigenvalue weighted by atomic mass is 35.5. The predicted molar refractivity (Wildman–Crippen MR) is 133 cm³/mol. The van der Waals surface area contributed by atoms with E-state index in [-0.39, 0.29) is 22.7 Å². The van der Waals surface area contributed by atoms with Gasteiger partial charge in [-0.25, -0.2) is 8.42 Å². The standard InChI is InChI=1S/C24H33ClN2O5S/c1-14(2)19-13-20(15(3)11-23(19)32-7)16(4)26-24(28)17(5)27(33(8,29)30)18-9-10-22(31-6)21(25)12-18/h9-14,16-17H,1-8H3,(H,26,28). The number of ether oxygens (including phenoxy) is 2. The van der Waals surface area contributed by atoms with Crippen molar-refractivity contribution in [1.29, 1.82) is 0 Å². The maximum atomic E-state index is 13.1. The Labute approximate surface area is 202 Å². The zero-order valence-corrected chi connectivity index (χ0v) is 22.0. The Bertz CT molecular complexity index is 1120. The van der Waals surface area contributed by atoms with Crippen LogP contribution < -0.4 is 19.1 Å². The summed E-state index contributed by atoms with van der Waals surface area (Å²) in [7, 11) is -0.670. The molecule has 9 heteroatoms. The summed E-state index contributed by atoms with van der Waals surface area (Å²) in [5.74, 6) is 1.02. The molecule has 0 heterocycles. The molecule has 2 aromatic carbocycles. The van der Waals surface area contributed by atoms with Crippen molar-refractivity contribution in [2.24, 2.45) is 0 Å². The Morgan fingerprint density at radius 3 is 2.09 bits per heavy atom. The smallest absolute Gasteiger partial charge is 0.244 e. The van der Waals surface area contributed by atoms with Gasteiger partial charge in [0.25, 0.3) is 0 Å². The molecule has 0 aliphatic heterocycles. The second kappa shape index (κ2) is 10.7. The monoisotopic (exact) mass is 496 g/mol. The molecule has 0 aliphatic carbocycles. The second-order valence-corrected chi connectivity index (χ2v) is 10.7. The minimum absolute atomic E-state index is 0.238. The first-order chi connectivity index (χ1) is 15.3. The fourth-order valence-corrected chi connectivity index (χ4v) is 5.24. The Morgan fingerprint density at radius 2 is 1.61 bits per heavy atom. The maximum absolute atomic E-state index is 13.1. The molecule has 1 N–H and O–H groups in total. The van der Waals surface area contributed by atoms with Crippen LogP contribution in [0.25, 0.3) is 0 Å². The summed E-state index contributed by atoms with van der Waals surface area (Å²) in [6, 6.07) is 7.24. The third kappa shape index (κ3) is 6.12. The highest BCUT2D eigenvalue weighted by Crippen LogP contribution is 2.33. The van der Waals surface area contributed by atoms with Crippen LogP contribution in [0.2, 0.25) is 5.02 Å². The number of hydrogen-bond donors (Lipinski definition) is 1. The lowest BCUT2D eigenvalue weighted by atomic mass is 9.93. The van der Waals surface area contributed by atoms with Crippen molar-refractivity contribution in [1.82, 2.24) is 5.32 Å². The highest BCUT2D eigenvalue weighted by Gasteiger charge is 2.30. The lowest BCUT2D eigenvalue weighted by Gasteiger charge is -2.30. The molecule has 0 bridgehead atoms. The number of nitrogens with zero attached hydrogens (tertiary/aromatic N) is 1. The van der Waals surface area contributed by atoms with Crippen LogP contribution in [-0.2, 0) is 14.8 Å². The molecule has 2 unspecified atom stereocenters. The van der Waals surface area contributed by atoms with Crippen molar-refractivity contribution < 1.29 is 22.7 Å². The summed E-state index contributed by atoms with van der Waals surface area (Å²) in [6.45, 7) is 9.52. The molecular weight excluding hydrogens is 464 g/mol. The van der Waals surface area contributed by atoms with Crippen LogP contribution in [0.5, 0.6) is 11.5 Å². The zero-order chi connectivity index (χ0) is 25.1. The van der Waals surface area contributed by atoms with Crippen LogP contribution in [0.3, 0.4) is 0 Å². The third-order valence-electron chi connectivity index (χ3n) is 5.54. The van der Waals surface area contributed by atoms with Gasteiger partial charge in [0, 0.05) is 0 Å². The van der Waals surface area contributed by atoms with Crippen LogP contribution in [0, 0.1) is 6.92 Å². The molecule has 33 heavy (non-hydrogen) atoms. The van der Waals surface area contributed by atoms with E-state index in [4.69, 9.17) is 21.1 Å². The summed E-state index contributed by atoms with van der Waals surface area (Å²) in [5, 5.41) is 3.21. The van der Waals surface area contributed by atoms with Crippen LogP contribution in [0.15, 0.2) is 30.3 Å². The first kappa shape index (κ1) is 26.8. The largest absolute Gasteiger partial charge is 0.496 e. The molecule has 1 amide bonds. The van der Waals surface area contributed by atoms with Gasteiger partial charge in [-0.1, -0.05) is 25.4 Å². The number of carbonyl (C=O) groups is 1. The van der Waals surface area contributed by atoms with E-state index in [1.54, 1.807) is 26.2 Å². The molecule has 0 aromatic heterocycles. The minimum Gasteiger partial charge on any atom is -0.496 e. The highest BCUT2D eigenvalue weighted by molar-refractivity contribution is 7.92. The van der Waals surface area contributed by atoms with Gasteiger partial charge in [-0.05, 0) is 73.7 Å². The number of hydrogen-bond acceptors (Lipinski definition) is 5. The lowest BCUT2D eigenvalue weighted by molar-refractivity contribution is -0.122. The van der Waals surface area contributed by atoms with Gasteiger partial charge in [-0.2, -0.15) is 0 Å². The Balaban J connectivity index is 2.36. The predicted octanol–water partition coefficient (Wildman–Crippen LogP) is 4.82. The van der Waals surface area contributed by atoms with E-state index in [1.807, 2.05) is 26.0 Å². The van der Waals surface area contributed by atoms with E-state index >= 15 is 0 Å². The van der Waals surface area contributed by atoms with Gasteiger partial charge in [-0.3, -0.25) is 9.10 Å². The van der Waals surface area contributed by atoms with Crippen molar-refractivity contribution in [3.8, 4) is 11.5 Å². The number of methoxy groups -OCH3 is 2. The van der Waals surface area contributed by atoms with Crippen molar-refractivity contribution in [3.05, 3.63) is 52.0 Å². The molecule has 0 spiro atoms. The Morgan fingerprint density at radius 1 is 1.00 bits per heavy atom. The normalized spacial score (nSPS) is 13.4. The number of nitrogens with one attached hydrogen (secondary N) is 1. The molecule has 0 saturated heterocycles. The van der Waals surface area contributed by atoms with Gasteiger partial charge >= 0.3 is 0 Å². The van der Waals surface area contributed by atoms with Gasteiger partial charge in [-0.15, -0.1) is 0 Å². The maximum Gasteiger partial charge on any atom is 0.244 e. The number of carbonyl (C=O) groups excluding carboxylic acids is 1. The summed E-state index contributed by atoms with van der Waals surface area (Å²) in [4.78, 5) is 13.1. The van der Waals surface area contributed by atoms with Gasteiger partial charge in [0.2, 0.25) is 15.9 Å². The van der Waals surface area contributed by atoms with Crippen LogP contribution >= 0.6 is 11.6 Å². The van der Waals surface area contributed by atoms with Crippen molar-refractivity contribution in [3.63, 3.8) is 0 Å². The quantitative estimate of drug-likeness (QED) is 0.538. The molecule has 2 atom stereocenters. The molecule has 0 radical (unpaired) electrons. The first-order valence-corrected chi connectivity index (χ1v) is 12.9. The van der Waals surface area contributed by atoms with E-state index in [1.165, 1.54) is 13.2 Å². The summed E-state index contributed by atoms with van der Waals surface area (Å²) < 4.78 is 36.9. The molecule has 2 rings (SSSR count). The fraction of sp³-hybridized carbons (Fsp3) is 0.458. The fourth-order valence-electron chi connectivity index (χ4n) is 3.82. The molecule has 2 aromatic rings. The third-order valence-corrected chi connectivity index (χ3v) is 7.08. The average Bonchev–Trinajstić information content (AvgIpc) is 2.72. The first-order valence-electron chi connectivity index (χ1n) is 10.6.